The summed E-state index contributed by atoms with van der Waals surface area (Å²) < 4.78 is 0.978. The molecule has 6 heteroatoms. The van der Waals surface area contributed by atoms with E-state index in [1.165, 1.54) is 18.2 Å². The number of nitrogens with zero attached hydrogens (tertiary/aromatic N) is 1. The number of phenolic OH excluding ortho intramolecular Hbond substituents is 1. The molecule has 0 aliphatic carbocycles. The number of para-hydroxylation sites is 1. The predicted molar refractivity (Wildman–Crippen MR) is 90.5 cm³/mol. The number of rotatable bonds is 1. The molecule has 0 bridgehead atoms. The van der Waals surface area contributed by atoms with E-state index in [-0.39, 0.29) is 5.75 Å². The maximum atomic E-state index is 12.5. The van der Waals surface area contributed by atoms with Gasteiger partial charge in [0.25, 0.3) is 5.56 Å². The molecule has 0 saturated carbocycles. The second-order valence-corrected chi connectivity index (χ2v) is 5.52. The molecule has 1 aromatic heterocycles. The van der Waals surface area contributed by atoms with E-state index in [0.29, 0.717) is 21.6 Å². The Kier molecular flexibility index (Phi) is 3.80. The van der Waals surface area contributed by atoms with Crippen LogP contribution in [0, 0.1) is 6.92 Å². The lowest BCUT2D eigenvalue weighted by Crippen LogP contribution is -2.31. The number of halogens is 1. The number of benzene rings is 2. The number of pyridine rings is 1. The maximum Gasteiger partial charge on any atom is 0.333 e. The number of carbonyl (C=O) groups is 1. The van der Waals surface area contributed by atoms with Crippen LogP contribution in [-0.4, -0.2) is 15.7 Å². The summed E-state index contributed by atoms with van der Waals surface area (Å²) in [6.07, 6.45) is 0. The Morgan fingerprint density at radius 3 is 2.65 bits per heavy atom. The number of nitrogens with one attached hydrogen (secondary N) is 1. The van der Waals surface area contributed by atoms with Crippen molar-refractivity contribution in [2.45, 2.75) is 6.92 Å². The molecule has 0 atom stereocenters. The average Bonchev–Trinajstić information content (AvgIpc) is 2.49. The van der Waals surface area contributed by atoms with Crippen LogP contribution in [0.3, 0.4) is 0 Å². The fourth-order valence-electron chi connectivity index (χ4n) is 2.43. The molecule has 0 aliphatic heterocycles. The molecule has 2 N–H and O–H groups in total. The summed E-state index contributed by atoms with van der Waals surface area (Å²) in [5, 5.41) is 13.4. The van der Waals surface area contributed by atoms with Gasteiger partial charge in [-0.05, 0) is 36.8 Å². The predicted octanol–water partition coefficient (Wildman–Crippen LogP) is 3.75. The van der Waals surface area contributed by atoms with Gasteiger partial charge in [-0.3, -0.25) is 4.79 Å². The number of hydrogen-bond acceptors (Lipinski definition) is 3. The summed E-state index contributed by atoms with van der Waals surface area (Å²) in [5.74, 6) is -0.0261. The van der Waals surface area contributed by atoms with Crippen molar-refractivity contribution in [2.75, 3.05) is 5.32 Å². The lowest BCUT2D eigenvalue weighted by Gasteiger charge is -2.13. The minimum absolute atomic E-state index is 0.0261. The molecule has 3 rings (SSSR count). The highest BCUT2D eigenvalue weighted by molar-refractivity contribution is 6.33. The van der Waals surface area contributed by atoms with Crippen molar-refractivity contribution in [3.8, 4) is 5.75 Å². The van der Waals surface area contributed by atoms with Crippen molar-refractivity contribution in [3.05, 3.63) is 69.5 Å². The number of aromatic nitrogens is 1. The monoisotopic (exact) mass is 328 g/mol. The summed E-state index contributed by atoms with van der Waals surface area (Å²) >= 11 is 6.02. The number of phenols is 1. The number of carbonyl (C=O) groups excluding carboxylic acids is 1. The van der Waals surface area contributed by atoms with E-state index in [1.807, 2.05) is 0 Å². The number of aryl methyl sites for hydroxylation is 1. The number of hydrogen-bond donors (Lipinski definition) is 2. The van der Waals surface area contributed by atoms with Crippen LogP contribution in [0.15, 0.2) is 53.3 Å². The Balaban J connectivity index is 2.16. The first-order valence-corrected chi connectivity index (χ1v) is 7.26. The van der Waals surface area contributed by atoms with E-state index in [4.69, 9.17) is 11.6 Å². The zero-order valence-electron chi connectivity index (χ0n) is 12.2. The second-order valence-electron chi connectivity index (χ2n) is 5.11. The number of fused-ring (bicyclic) bond motifs is 1. The Morgan fingerprint density at radius 2 is 1.91 bits per heavy atom. The molecule has 1 heterocycles. The van der Waals surface area contributed by atoms with E-state index in [0.717, 1.165) is 10.1 Å². The Morgan fingerprint density at radius 1 is 1.17 bits per heavy atom. The quantitative estimate of drug-likeness (QED) is 0.714. The fraction of sp³-hybridized carbons (Fsp3) is 0.0588. The van der Waals surface area contributed by atoms with E-state index in [9.17, 15) is 14.7 Å². The normalized spacial score (nSPS) is 10.7. The molecule has 0 spiro atoms. The molecule has 0 fully saturated rings. The van der Waals surface area contributed by atoms with Gasteiger partial charge in [0.05, 0.1) is 16.2 Å². The largest absolute Gasteiger partial charge is 0.508 e. The van der Waals surface area contributed by atoms with Crippen molar-refractivity contribution < 1.29 is 9.90 Å². The molecule has 1 amide bonds. The average molecular weight is 329 g/mol. The molecule has 0 aliphatic rings. The molecule has 5 nitrogen and oxygen atoms in total. The zero-order chi connectivity index (χ0) is 16.6. The van der Waals surface area contributed by atoms with Crippen LogP contribution in [0.5, 0.6) is 5.75 Å². The summed E-state index contributed by atoms with van der Waals surface area (Å²) in [4.78, 5) is 24.8. The van der Waals surface area contributed by atoms with Crippen LogP contribution in [0.1, 0.15) is 5.56 Å². The van der Waals surface area contributed by atoms with E-state index < -0.39 is 11.6 Å². The third-order valence-corrected chi connectivity index (χ3v) is 3.86. The van der Waals surface area contributed by atoms with Gasteiger partial charge in [-0.1, -0.05) is 23.7 Å². The van der Waals surface area contributed by atoms with Gasteiger partial charge >= 0.3 is 6.03 Å². The van der Waals surface area contributed by atoms with Gasteiger partial charge in [-0.15, -0.1) is 0 Å². The third-order valence-electron chi connectivity index (χ3n) is 3.53. The fourth-order valence-corrected chi connectivity index (χ4v) is 2.61. The van der Waals surface area contributed by atoms with Crippen molar-refractivity contribution in [2.24, 2.45) is 0 Å². The molecular weight excluding hydrogens is 316 g/mol. The Bertz CT molecular complexity index is 979. The van der Waals surface area contributed by atoms with Crippen molar-refractivity contribution >= 4 is 34.2 Å². The highest BCUT2D eigenvalue weighted by atomic mass is 35.5. The minimum atomic E-state index is -0.640. The van der Waals surface area contributed by atoms with E-state index in [2.05, 4.69) is 5.32 Å². The van der Waals surface area contributed by atoms with Gasteiger partial charge in [0.2, 0.25) is 0 Å². The van der Waals surface area contributed by atoms with Crippen LogP contribution in [0.2, 0.25) is 5.02 Å². The third kappa shape index (κ3) is 2.78. The van der Waals surface area contributed by atoms with Crippen LogP contribution in [0.4, 0.5) is 10.5 Å². The molecule has 2 aromatic carbocycles. The van der Waals surface area contributed by atoms with Crippen molar-refractivity contribution in [3.63, 3.8) is 0 Å². The van der Waals surface area contributed by atoms with E-state index >= 15 is 0 Å². The van der Waals surface area contributed by atoms with Crippen LogP contribution in [0.25, 0.3) is 10.9 Å². The summed E-state index contributed by atoms with van der Waals surface area (Å²) in [7, 11) is 0. The highest BCUT2D eigenvalue weighted by Crippen LogP contribution is 2.23. The maximum absolute atomic E-state index is 12.5. The van der Waals surface area contributed by atoms with Gasteiger partial charge in [0.15, 0.2) is 0 Å². The van der Waals surface area contributed by atoms with Gasteiger partial charge in [0, 0.05) is 17.5 Å². The lowest BCUT2D eigenvalue weighted by atomic mass is 10.1. The topological polar surface area (TPSA) is 71.3 Å². The first-order valence-electron chi connectivity index (χ1n) is 6.88. The molecule has 116 valence electrons. The number of anilines is 1. The molecule has 0 radical (unpaired) electrons. The Hall–Kier alpha value is -2.79. The molecule has 0 saturated heterocycles. The van der Waals surface area contributed by atoms with E-state index in [1.54, 1.807) is 37.3 Å². The standard InChI is InChI=1S/C17H13ClN2O3/c1-10-8-16(22)20(15-9-11(21)6-7-12(10)15)17(23)19-14-5-3-2-4-13(14)18/h2-9,21H,1H3,(H,19,23). The first-order chi connectivity index (χ1) is 11.0. The summed E-state index contributed by atoms with van der Waals surface area (Å²) in [6.45, 7) is 1.77. The van der Waals surface area contributed by atoms with Crippen LogP contribution in [-0.2, 0) is 0 Å². The summed E-state index contributed by atoms with van der Waals surface area (Å²) in [6, 6.07) is 12.0. The highest BCUT2D eigenvalue weighted by Gasteiger charge is 2.14. The SMILES string of the molecule is Cc1cc(=O)n(C(=O)Nc2ccccc2Cl)c2cc(O)ccc12. The zero-order valence-corrected chi connectivity index (χ0v) is 13.0. The molecule has 23 heavy (non-hydrogen) atoms. The van der Waals surface area contributed by atoms with Crippen molar-refractivity contribution in [1.82, 2.24) is 4.57 Å². The van der Waals surface area contributed by atoms with Gasteiger partial charge in [-0.2, -0.15) is 0 Å². The Labute approximate surface area is 136 Å². The van der Waals surface area contributed by atoms with Crippen LogP contribution >= 0.6 is 11.6 Å². The lowest BCUT2D eigenvalue weighted by molar-refractivity contribution is 0.253. The number of amides is 1. The molecule has 0 unspecified atom stereocenters. The van der Waals surface area contributed by atoms with Gasteiger partial charge in [0.1, 0.15) is 5.75 Å². The van der Waals surface area contributed by atoms with Crippen molar-refractivity contribution in [1.29, 1.82) is 0 Å². The second kappa shape index (κ2) is 5.78. The summed E-state index contributed by atoms with van der Waals surface area (Å²) in [5.41, 5.74) is 0.983. The van der Waals surface area contributed by atoms with Gasteiger partial charge in [-0.25, -0.2) is 9.36 Å². The van der Waals surface area contributed by atoms with Crippen LogP contribution < -0.4 is 10.9 Å². The molecule has 3 aromatic rings. The molecular formula is C17H13ClN2O3. The smallest absolute Gasteiger partial charge is 0.333 e. The minimum Gasteiger partial charge on any atom is -0.508 e. The van der Waals surface area contributed by atoms with Gasteiger partial charge < -0.3 is 10.4 Å². The first kappa shape index (κ1) is 15.1. The number of aromatic hydroxyl groups is 1.